The van der Waals surface area contributed by atoms with Crippen molar-refractivity contribution in [1.82, 2.24) is 9.78 Å². The van der Waals surface area contributed by atoms with Crippen molar-refractivity contribution in [1.29, 1.82) is 5.26 Å². The summed E-state index contributed by atoms with van der Waals surface area (Å²) >= 11 is 0. The van der Waals surface area contributed by atoms with Gasteiger partial charge in [0, 0.05) is 24.8 Å². The van der Waals surface area contributed by atoms with Gasteiger partial charge in [0.2, 0.25) is 0 Å². The second-order valence-corrected chi connectivity index (χ2v) is 4.43. The number of nitriles is 1. The zero-order valence-corrected chi connectivity index (χ0v) is 11.3. The lowest BCUT2D eigenvalue weighted by Crippen LogP contribution is -2.07. The Labute approximate surface area is 119 Å². The second-order valence-electron chi connectivity index (χ2n) is 4.43. The van der Waals surface area contributed by atoms with Crippen molar-refractivity contribution in [3.63, 3.8) is 0 Å². The van der Waals surface area contributed by atoms with Crippen molar-refractivity contribution < 1.29 is 13.2 Å². The topological polar surface area (TPSA) is 53.6 Å². The summed E-state index contributed by atoms with van der Waals surface area (Å²) in [6, 6.07) is 4.85. The molecule has 110 valence electrons. The fourth-order valence-electron chi connectivity index (χ4n) is 1.84. The van der Waals surface area contributed by atoms with Gasteiger partial charge in [-0.15, -0.1) is 0 Å². The Bertz CT molecular complexity index is 668. The number of hydrogen-bond acceptors (Lipinski definition) is 3. The fourth-order valence-corrected chi connectivity index (χ4v) is 1.84. The van der Waals surface area contributed by atoms with E-state index in [4.69, 9.17) is 5.26 Å². The lowest BCUT2D eigenvalue weighted by atomic mass is 10.1. The quantitative estimate of drug-likeness (QED) is 0.940. The molecule has 0 bridgehead atoms. The molecule has 1 N–H and O–H groups in total. The van der Waals surface area contributed by atoms with E-state index in [1.54, 1.807) is 16.9 Å². The molecular formula is C14H13F3N4. The van der Waals surface area contributed by atoms with Gasteiger partial charge in [0.25, 0.3) is 0 Å². The summed E-state index contributed by atoms with van der Waals surface area (Å²) in [5.74, 6) is 0. The zero-order chi connectivity index (χ0) is 15.5. The number of aryl methyl sites for hydroxylation is 1. The molecule has 0 unspecified atom stereocenters. The number of nitrogens with one attached hydrogen (secondary N) is 1. The molecule has 0 saturated carbocycles. The SMILES string of the molecule is CCn1cc(CNc2ccc(C(F)(F)F)cc2C#N)cn1. The lowest BCUT2D eigenvalue weighted by molar-refractivity contribution is -0.137. The van der Waals surface area contributed by atoms with E-state index in [0.29, 0.717) is 12.2 Å². The van der Waals surface area contributed by atoms with Gasteiger partial charge in [-0.2, -0.15) is 23.5 Å². The van der Waals surface area contributed by atoms with Gasteiger partial charge >= 0.3 is 6.18 Å². The predicted octanol–water partition coefficient (Wildman–Crippen LogP) is 3.41. The minimum atomic E-state index is -4.45. The van der Waals surface area contributed by atoms with E-state index in [1.807, 2.05) is 13.1 Å². The van der Waals surface area contributed by atoms with Gasteiger partial charge in [-0.25, -0.2) is 0 Å². The number of rotatable bonds is 4. The van der Waals surface area contributed by atoms with Crippen molar-refractivity contribution in [3.05, 3.63) is 47.3 Å². The monoisotopic (exact) mass is 294 g/mol. The van der Waals surface area contributed by atoms with Crippen LogP contribution in [0.1, 0.15) is 23.6 Å². The summed E-state index contributed by atoms with van der Waals surface area (Å²) < 4.78 is 39.5. The van der Waals surface area contributed by atoms with E-state index in [-0.39, 0.29) is 5.56 Å². The van der Waals surface area contributed by atoms with Crippen LogP contribution in [0, 0.1) is 11.3 Å². The molecule has 1 aromatic heterocycles. The van der Waals surface area contributed by atoms with Crippen LogP contribution < -0.4 is 5.32 Å². The molecule has 0 aliphatic carbocycles. The minimum absolute atomic E-state index is 0.0345. The number of nitrogens with zero attached hydrogens (tertiary/aromatic N) is 3. The molecule has 7 heteroatoms. The third-order valence-corrected chi connectivity index (χ3v) is 2.96. The smallest absolute Gasteiger partial charge is 0.380 e. The molecule has 0 spiro atoms. The van der Waals surface area contributed by atoms with Crippen LogP contribution in [0.3, 0.4) is 0 Å². The summed E-state index contributed by atoms with van der Waals surface area (Å²) in [5, 5.41) is 16.0. The van der Waals surface area contributed by atoms with Crippen LogP contribution in [0.4, 0.5) is 18.9 Å². The maximum absolute atomic E-state index is 12.6. The lowest BCUT2D eigenvalue weighted by Gasteiger charge is -2.11. The first-order chi connectivity index (χ1) is 9.94. The fraction of sp³-hybridized carbons (Fsp3) is 0.286. The number of aromatic nitrogens is 2. The summed E-state index contributed by atoms with van der Waals surface area (Å²) in [6.07, 6.45) is -0.942. The molecular weight excluding hydrogens is 281 g/mol. The Morgan fingerprint density at radius 2 is 2.14 bits per heavy atom. The molecule has 0 saturated heterocycles. The van der Waals surface area contributed by atoms with E-state index in [9.17, 15) is 13.2 Å². The number of halogens is 3. The average molecular weight is 294 g/mol. The Balaban J connectivity index is 2.15. The molecule has 0 atom stereocenters. The molecule has 0 aliphatic rings. The van der Waals surface area contributed by atoms with Gasteiger partial charge in [0.05, 0.1) is 23.0 Å². The first-order valence-corrected chi connectivity index (χ1v) is 6.30. The van der Waals surface area contributed by atoms with E-state index in [1.165, 1.54) is 6.07 Å². The van der Waals surface area contributed by atoms with Gasteiger partial charge in [0.15, 0.2) is 0 Å². The van der Waals surface area contributed by atoms with E-state index in [2.05, 4.69) is 10.4 Å². The first kappa shape index (κ1) is 14.9. The number of alkyl halides is 3. The highest BCUT2D eigenvalue weighted by Crippen LogP contribution is 2.31. The molecule has 2 rings (SSSR count). The highest BCUT2D eigenvalue weighted by molar-refractivity contribution is 5.59. The van der Waals surface area contributed by atoms with Gasteiger partial charge in [-0.1, -0.05) is 0 Å². The minimum Gasteiger partial charge on any atom is -0.380 e. The normalized spacial score (nSPS) is 11.2. The van der Waals surface area contributed by atoms with E-state index >= 15 is 0 Å². The predicted molar refractivity (Wildman–Crippen MR) is 71.4 cm³/mol. The van der Waals surface area contributed by atoms with Gasteiger partial charge in [0.1, 0.15) is 6.07 Å². The Morgan fingerprint density at radius 3 is 2.71 bits per heavy atom. The number of benzene rings is 1. The van der Waals surface area contributed by atoms with Gasteiger partial charge < -0.3 is 5.32 Å². The summed E-state index contributed by atoms with van der Waals surface area (Å²) in [7, 11) is 0. The summed E-state index contributed by atoms with van der Waals surface area (Å²) in [4.78, 5) is 0. The molecule has 0 aliphatic heterocycles. The Morgan fingerprint density at radius 1 is 1.38 bits per heavy atom. The maximum atomic E-state index is 12.6. The molecule has 0 radical (unpaired) electrons. The third kappa shape index (κ3) is 3.54. The van der Waals surface area contributed by atoms with Crippen LogP contribution >= 0.6 is 0 Å². The maximum Gasteiger partial charge on any atom is 0.416 e. The number of anilines is 1. The first-order valence-electron chi connectivity index (χ1n) is 6.30. The van der Waals surface area contributed by atoms with Crippen LogP contribution in [-0.2, 0) is 19.3 Å². The molecule has 4 nitrogen and oxygen atoms in total. The molecule has 21 heavy (non-hydrogen) atoms. The van der Waals surface area contributed by atoms with Crippen molar-refractivity contribution in [3.8, 4) is 6.07 Å². The molecule has 2 aromatic rings. The average Bonchev–Trinajstić information content (AvgIpc) is 2.92. The van der Waals surface area contributed by atoms with Gasteiger partial charge in [-0.05, 0) is 25.1 Å². The second kappa shape index (κ2) is 5.87. The summed E-state index contributed by atoms with van der Waals surface area (Å²) in [5.41, 5.74) is 0.395. The van der Waals surface area contributed by atoms with Crippen molar-refractivity contribution in [2.45, 2.75) is 26.2 Å². The van der Waals surface area contributed by atoms with Crippen LogP contribution in [0.15, 0.2) is 30.6 Å². The molecule has 0 amide bonds. The van der Waals surface area contributed by atoms with E-state index < -0.39 is 11.7 Å². The van der Waals surface area contributed by atoms with Crippen molar-refractivity contribution in [2.24, 2.45) is 0 Å². The molecule has 1 heterocycles. The third-order valence-electron chi connectivity index (χ3n) is 2.96. The highest BCUT2D eigenvalue weighted by Gasteiger charge is 2.31. The highest BCUT2D eigenvalue weighted by atomic mass is 19.4. The standard InChI is InChI=1S/C14H13F3N4/c1-2-21-9-10(8-20-21)7-19-13-4-3-12(14(15,16)17)5-11(13)6-18/h3-5,8-9,19H,2,7H2,1H3. The summed E-state index contributed by atoms with van der Waals surface area (Å²) in [6.45, 7) is 3.08. The van der Waals surface area contributed by atoms with Gasteiger partial charge in [-0.3, -0.25) is 4.68 Å². The zero-order valence-electron chi connectivity index (χ0n) is 11.3. The van der Waals surface area contributed by atoms with E-state index in [0.717, 1.165) is 24.2 Å². The van der Waals surface area contributed by atoms with Crippen LogP contribution in [0.5, 0.6) is 0 Å². The Kier molecular flexibility index (Phi) is 4.17. The number of hydrogen-bond donors (Lipinski definition) is 1. The largest absolute Gasteiger partial charge is 0.416 e. The van der Waals surface area contributed by atoms with Crippen LogP contribution in [0.2, 0.25) is 0 Å². The van der Waals surface area contributed by atoms with Crippen LogP contribution in [-0.4, -0.2) is 9.78 Å². The Hall–Kier alpha value is -2.49. The van der Waals surface area contributed by atoms with Crippen molar-refractivity contribution >= 4 is 5.69 Å². The molecule has 1 aromatic carbocycles. The van der Waals surface area contributed by atoms with Crippen molar-refractivity contribution in [2.75, 3.05) is 5.32 Å². The molecule has 0 fully saturated rings. The van der Waals surface area contributed by atoms with Crippen LogP contribution in [0.25, 0.3) is 0 Å².